The van der Waals surface area contributed by atoms with Gasteiger partial charge in [-0.3, -0.25) is 4.79 Å². The molecule has 5 rings (SSSR count). The van der Waals surface area contributed by atoms with Crippen molar-refractivity contribution in [3.05, 3.63) is 77.1 Å². The van der Waals surface area contributed by atoms with E-state index in [9.17, 15) is 13.6 Å². The molecule has 3 aliphatic rings. The number of hydrogen-bond donors (Lipinski definition) is 1. The lowest BCUT2D eigenvalue weighted by molar-refractivity contribution is -0.128. The van der Waals surface area contributed by atoms with E-state index in [-0.39, 0.29) is 41.5 Å². The predicted molar refractivity (Wildman–Crippen MR) is 142 cm³/mol. The zero-order valence-electron chi connectivity index (χ0n) is 22.1. The van der Waals surface area contributed by atoms with Crippen molar-refractivity contribution in [1.82, 2.24) is 10.2 Å². The number of nitrogens with zero attached hydrogens (tertiary/aromatic N) is 3. The van der Waals surface area contributed by atoms with E-state index < -0.39 is 46.2 Å². The molecule has 0 saturated carbocycles. The molecule has 2 aromatic rings. The number of rotatable bonds is 6. The third-order valence-electron chi connectivity index (χ3n) is 7.34. The molecule has 0 aliphatic carbocycles. The Bertz CT molecular complexity index is 1370. The van der Waals surface area contributed by atoms with Crippen molar-refractivity contribution in [3.63, 3.8) is 0 Å². The summed E-state index contributed by atoms with van der Waals surface area (Å²) in [5.41, 5.74) is -2.81. The van der Waals surface area contributed by atoms with Crippen molar-refractivity contribution < 1.29 is 31.8 Å². The van der Waals surface area contributed by atoms with Crippen LogP contribution in [0, 0.1) is 29.2 Å². The van der Waals surface area contributed by atoms with Crippen LogP contribution in [-0.4, -0.2) is 66.5 Å². The molecule has 0 radical (unpaired) electrons. The Kier molecular flexibility index (Phi) is 7.82. The van der Waals surface area contributed by atoms with Crippen molar-refractivity contribution in [3.8, 4) is 0 Å². The van der Waals surface area contributed by atoms with E-state index in [1.807, 2.05) is 14.0 Å². The predicted octanol–water partition coefficient (Wildman–Crippen LogP) is 4.55. The summed E-state index contributed by atoms with van der Waals surface area (Å²) in [7, 11) is 1.95. The summed E-state index contributed by atoms with van der Waals surface area (Å²) in [6.07, 6.45) is 1.60. The highest BCUT2D eigenvalue weighted by Crippen LogP contribution is 2.46. The van der Waals surface area contributed by atoms with Crippen molar-refractivity contribution in [2.45, 2.75) is 43.6 Å². The number of hydrazone groups is 1. The Labute approximate surface area is 234 Å². The van der Waals surface area contributed by atoms with E-state index in [2.05, 4.69) is 15.3 Å². The van der Waals surface area contributed by atoms with E-state index in [1.165, 1.54) is 13.0 Å². The second-order valence-corrected chi connectivity index (χ2v) is 11.0. The van der Waals surface area contributed by atoms with E-state index in [0.29, 0.717) is 25.1 Å². The number of morpholine rings is 1. The molecule has 1 saturated heterocycles. The molecule has 0 bridgehead atoms. The second-order valence-electron chi connectivity index (χ2n) is 10.5. The maximum atomic E-state index is 15.2. The standard InChI is InChI=1S/C28H29ClF4N4O3/c1-15-13-36(3)14-18(39-15)12-34-27(38)28(2)25(23-8-9-24(29)40-23)26(19-6-4-16(30)10-20(19)32)35-37(28)22-7-5-17(31)11-21(22)33/h4-8,10-11,15,18,24-25H,9,12-14H2,1-3H3,(H,34,38). The van der Waals surface area contributed by atoms with Crippen LogP contribution in [-0.2, 0) is 14.3 Å². The van der Waals surface area contributed by atoms with Gasteiger partial charge in [0.1, 0.15) is 23.2 Å². The summed E-state index contributed by atoms with van der Waals surface area (Å²) in [5, 5.41) is 8.51. The van der Waals surface area contributed by atoms with E-state index >= 15 is 8.78 Å². The van der Waals surface area contributed by atoms with Gasteiger partial charge in [0.15, 0.2) is 16.9 Å². The van der Waals surface area contributed by atoms with Crippen LogP contribution in [0.5, 0.6) is 0 Å². The van der Waals surface area contributed by atoms with Crippen LogP contribution in [0.3, 0.4) is 0 Å². The van der Waals surface area contributed by atoms with Crippen LogP contribution >= 0.6 is 11.6 Å². The van der Waals surface area contributed by atoms with Crippen LogP contribution < -0.4 is 10.3 Å². The smallest absolute Gasteiger partial charge is 0.249 e. The minimum atomic E-state index is -1.74. The summed E-state index contributed by atoms with van der Waals surface area (Å²) < 4.78 is 69.8. The monoisotopic (exact) mass is 580 g/mol. The number of halogens is 5. The van der Waals surface area contributed by atoms with Gasteiger partial charge in [-0.15, -0.1) is 0 Å². The fourth-order valence-corrected chi connectivity index (χ4v) is 5.76. The lowest BCUT2D eigenvalue weighted by atomic mass is 9.78. The van der Waals surface area contributed by atoms with Crippen LogP contribution in [0.1, 0.15) is 25.8 Å². The molecule has 214 valence electrons. The van der Waals surface area contributed by atoms with E-state index in [0.717, 1.165) is 29.8 Å². The first kappa shape index (κ1) is 28.4. The SMILES string of the molecule is CC1CN(C)CC(CNC(=O)C2(C)C(C3=CCC(Cl)O3)C(c3ccc(F)cc3F)=NN2c2ccc(F)cc2F)O1. The van der Waals surface area contributed by atoms with Gasteiger partial charge in [0.25, 0.3) is 0 Å². The van der Waals surface area contributed by atoms with Crippen LogP contribution in [0.4, 0.5) is 23.2 Å². The van der Waals surface area contributed by atoms with Gasteiger partial charge in [0, 0.05) is 43.8 Å². The van der Waals surface area contributed by atoms with Crippen molar-refractivity contribution >= 4 is 28.9 Å². The number of likely N-dealkylation sites (N-methyl/N-ethyl adjacent to an activating group) is 1. The normalized spacial score (nSPS) is 28.8. The molecule has 40 heavy (non-hydrogen) atoms. The van der Waals surface area contributed by atoms with Crippen molar-refractivity contribution in [2.24, 2.45) is 11.0 Å². The van der Waals surface area contributed by atoms with Crippen molar-refractivity contribution in [2.75, 3.05) is 31.7 Å². The average Bonchev–Trinajstić information content (AvgIpc) is 3.43. The molecule has 0 spiro atoms. The summed E-state index contributed by atoms with van der Waals surface area (Å²) in [6.45, 7) is 4.89. The Morgan fingerprint density at radius 3 is 2.45 bits per heavy atom. The number of alkyl halides is 1. The molecule has 12 heteroatoms. The van der Waals surface area contributed by atoms with Gasteiger partial charge < -0.3 is 19.7 Å². The maximum absolute atomic E-state index is 15.2. The molecule has 0 aromatic heterocycles. The second kappa shape index (κ2) is 11.0. The van der Waals surface area contributed by atoms with Crippen molar-refractivity contribution in [1.29, 1.82) is 0 Å². The quantitative estimate of drug-likeness (QED) is 0.401. The lowest BCUT2D eigenvalue weighted by Gasteiger charge is -2.39. The van der Waals surface area contributed by atoms with Gasteiger partial charge >= 0.3 is 0 Å². The molecule has 5 atom stereocenters. The van der Waals surface area contributed by atoms with Gasteiger partial charge in [0.05, 0.1) is 29.5 Å². The first-order valence-electron chi connectivity index (χ1n) is 12.9. The Balaban J connectivity index is 1.60. The highest BCUT2D eigenvalue weighted by molar-refractivity contribution is 6.20. The topological polar surface area (TPSA) is 66.4 Å². The van der Waals surface area contributed by atoms with E-state index in [1.54, 1.807) is 6.08 Å². The number of ether oxygens (including phenoxy) is 2. The zero-order valence-corrected chi connectivity index (χ0v) is 22.9. The molecule has 3 aliphatic heterocycles. The third kappa shape index (κ3) is 5.29. The fourth-order valence-electron chi connectivity index (χ4n) is 5.57. The lowest BCUT2D eigenvalue weighted by Crippen LogP contribution is -2.60. The summed E-state index contributed by atoms with van der Waals surface area (Å²) in [4.78, 5) is 16.2. The number of nitrogens with one attached hydrogen (secondary N) is 1. The summed E-state index contributed by atoms with van der Waals surface area (Å²) in [6, 6.07) is 5.80. The largest absolute Gasteiger partial charge is 0.478 e. The molecule has 2 aromatic carbocycles. The van der Waals surface area contributed by atoms with E-state index in [4.69, 9.17) is 21.1 Å². The van der Waals surface area contributed by atoms with Crippen LogP contribution in [0.25, 0.3) is 0 Å². The van der Waals surface area contributed by atoms with Gasteiger partial charge in [-0.25, -0.2) is 22.6 Å². The number of carbonyl (C=O) groups excluding carboxylic acids is 1. The number of benzene rings is 2. The highest BCUT2D eigenvalue weighted by Gasteiger charge is 2.58. The third-order valence-corrected chi connectivity index (χ3v) is 7.61. The molecule has 5 unspecified atom stereocenters. The molecular formula is C28H29ClF4N4O3. The number of carbonyl (C=O) groups is 1. The average molecular weight is 581 g/mol. The Hall–Kier alpha value is -3.15. The summed E-state index contributed by atoms with van der Waals surface area (Å²) in [5.74, 6) is -4.98. The first-order chi connectivity index (χ1) is 19.0. The van der Waals surface area contributed by atoms with Gasteiger partial charge in [-0.1, -0.05) is 11.6 Å². The Morgan fingerprint density at radius 1 is 1.12 bits per heavy atom. The van der Waals surface area contributed by atoms with Crippen LogP contribution in [0.15, 0.2) is 53.3 Å². The highest BCUT2D eigenvalue weighted by atomic mass is 35.5. The summed E-state index contributed by atoms with van der Waals surface area (Å²) >= 11 is 6.22. The maximum Gasteiger partial charge on any atom is 0.249 e. The number of anilines is 1. The molecule has 3 heterocycles. The minimum Gasteiger partial charge on any atom is -0.478 e. The molecule has 1 N–H and O–H groups in total. The molecular weight excluding hydrogens is 552 g/mol. The number of hydrogen-bond acceptors (Lipinski definition) is 6. The molecule has 1 fully saturated rings. The van der Waals surface area contributed by atoms with Crippen LogP contribution in [0.2, 0.25) is 0 Å². The van der Waals surface area contributed by atoms with Gasteiger partial charge in [0.2, 0.25) is 5.91 Å². The Morgan fingerprint density at radius 2 is 1.82 bits per heavy atom. The first-order valence-corrected chi connectivity index (χ1v) is 13.3. The molecule has 7 nitrogen and oxygen atoms in total. The fraction of sp³-hybridized carbons (Fsp3) is 0.429. The number of amides is 1. The van der Waals surface area contributed by atoms with Gasteiger partial charge in [-0.2, -0.15) is 5.10 Å². The minimum absolute atomic E-state index is 0.00170. The van der Waals surface area contributed by atoms with Gasteiger partial charge in [-0.05, 0) is 51.2 Å². The zero-order chi connectivity index (χ0) is 28.8. The molecule has 1 amide bonds.